The second kappa shape index (κ2) is 5.11. The molecular formula is C12H9FN4O3S. The number of nitro groups is 1. The first-order valence-electron chi connectivity index (χ1n) is 5.87. The fourth-order valence-corrected chi connectivity index (χ4v) is 2.64. The smallest absolute Gasteiger partial charge is 0.314 e. The molecule has 0 amide bonds. The van der Waals surface area contributed by atoms with Crippen molar-refractivity contribution in [2.45, 2.75) is 6.54 Å². The van der Waals surface area contributed by atoms with E-state index in [9.17, 15) is 14.5 Å². The van der Waals surface area contributed by atoms with Gasteiger partial charge in [-0.3, -0.25) is 14.5 Å². The summed E-state index contributed by atoms with van der Waals surface area (Å²) < 4.78 is 20.9. The summed E-state index contributed by atoms with van der Waals surface area (Å²) in [4.78, 5) is 15.0. The predicted molar refractivity (Wildman–Crippen MR) is 74.1 cm³/mol. The topological polar surface area (TPSA) is 95.7 Å². The van der Waals surface area contributed by atoms with Crippen molar-refractivity contribution in [2.75, 3.05) is 0 Å². The van der Waals surface area contributed by atoms with Gasteiger partial charge in [-0.15, -0.1) is 11.3 Å². The number of rotatable bonds is 4. The molecule has 0 spiro atoms. The average molecular weight is 308 g/mol. The van der Waals surface area contributed by atoms with Crippen LogP contribution in [0.2, 0.25) is 0 Å². The largest absolute Gasteiger partial charge is 0.427 e. The van der Waals surface area contributed by atoms with Crippen molar-refractivity contribution in [3.05, 3.63) is 51.4 Å². The number of aromatic nitrogens is 2. The van der Waals surface area contributed by atoms with Crippen LogP contribution in [0.1, 0.15) is 5.69 Å². The van der Waals surface area contributed by atoms with Crippen molar-refractivity contribution in [1.29, 1.82) is 0 Å². The lowest BCUT2D eigenvalue weighted by Gasteiger charge is -2.06. The quantitative estimate of drug-likeness (QED) is 0.590. The summed E-state index contributed by atoms with van der Waals surface area (Å²) in [5.41, 5.74) is 5.70. The molecular weight excluding hydrogens is 299 g/mol. The normalized spacial score (nSPS) is 11.0. The number of thiazole rings is 1. The van der Waals surface area contributed by atoms with Crippen LogP contribution in [-0.4, -0.2) is 14.3 Å². The molecule has 3 rings (SSSR count). The predicted octanol–water partition coefficient (Wildman–Crippen LogP) is 2.69. The van der Waals surface area contributed by atoms with Crippen molar-refractivity contribution in [3.8, 4) is 11.6 Å². The van der Waals surface area contributed by atoms with Gasteiger partial charge in [-0.25, -0.2) is 4.39 Å². The molecule has 0 aliphatic carbocycles. The highest BCUT2D eigenvalue weighted by atomic mass is 32.1. The fourth-order valence-electron chi connectivity index (χ4n) is 1.92. The first-order chi connectivity index (χ1) is 10.1. The lowest BCUT2D eigenvalue weighted by Crippen LogP contribution is -2.03. The Labute approximate surface area is 121 Å². The number of halogens is 1. The summed E-state index contributed by atoms with van der Waals surface area (Å²) in [7, 11) is 0. The number of ether oxygens (including phenoxy) is 1. The molecule has 0 aliphatic rings. The molecule has 0 saturated heterocycles. The van der Waals surface area contributed by atoms with Gasteiger partial charge in [0.05, 0.1) is 4.92 Å². The average Bonchev–Trinajstić information content (AvgIpc) is 3.00. The van der Waals surface area contributed by atoms with Crippen LogP contribution in [-0.2, 0) is 6.54 Å². The summed E-state index contributed by atoms with van der Waals surface area (Å²) in [6, 6.07) is 3.50. The van der Waals surface area contributed by atoms with E-state index in [1.54, 1.807) is 10.6 Å². The summed E-state index contributed by atoms with van der Waals surface area (Å²) in [6.07, 6.45) is 1.75. The minimum absolute atomic E-state index is 0.0672. The molecule has 108 valence electrons. The first kappa shape index (κ1) is 13.5. The number of benzene rings is 1. The van der Waals surface area contributed by atoms with Crippen LogP contribution in [0.15, 0.2) is 29.8 Å². The number of nitro benzene ring substituents is 1. The Balaban J connectivity index is 2.10. The van der Waals surface area contributed by atoms with Crippen molar-refractivity contribution < 1.29 is 14.1 Å². The zero-order valence-electron chi connectivity index (χ0n) is 10.5. The third kappa shape index (κ3) is 2.22. The molecule has 0 atom stereocenters. The molecule has 3 aromatic rings. The minimum Gasteiger partial charge on any atom is -0.427 e. The minimum atomic E-state index is -0.830. The Morgan fingerprint density at radius 1 is 1.52 bits per heavy atom. The van der Waals surface area contributed by atoms with Crippen molar-refractivity contribution in [2.24, 2.45) is 5.73 Å². The molecule has 0 aliphatic heterocycles. The summed E-state index contributed by atoms with van der Waals surface area (Å²) in [5.74, 6) is -1.23. The van der Waals surface area contributed by atoms with E-state index in [1.807, 2.05) is 5.38 Å². The van der Waals surface area contributed by atoms with Gasteiger partial charge in [0, 0.05) is 24.2 Å². The van der Waals surface area contributed by atoms with E-state index in [4.69, 9.17) is 10.5 Å². The number of nitrogens with two attached hydrogens (primary N) is 1. The summed E-state index contributed by atoms with van der Waals surface area (Å²) in [5, 5.41) is 12.8. The Hall–Kier alpha value is -2.52. The van der Waals surface area contributed by atoms with Gasteiger partial charge in [0.1, 0.15) is 5.69 Å². The van der Waals surface area contributed by atoms with Crippen LogP contribution in [0.5, 0.6) is 11.6 Å². The second-order valence-corrected chi connectivity index (χ2v) is 4.94. The van der Waals surface area contributed by atoms with Gasteiger partial charge < -0.3 is 10.5 Å². The SMILES string of the molecule is NCc1c(Oc2c(F)cccc2[N+](=O)[O-])nc2sccn12. The van der Waals surface area contributed by atoms with Crippen LogP contribution in [0, 0.1) is 15.9 Å². The third-order valence-corrected chi connectivity index (χ3v) is 3.62. The maximum Gasteiger partial charge on any atom is 0.314 e. The molecule has 21 heavy (non-hydrogen) atoms. The van der Waals surface area contributed by atoms with Gasteiger partial charge in [0.25, 0.3) is 0 Å². The summed E-state index contributed by atoms with van der Waals surface area (Å²) >= 11 is 1.35. The maximum atomic E-state index is 13.8. The van der Waals surface area contributed by atoms with E-state index in [0.717, 1.165) is 6.07 Å². The zero-order valence-corrected chi connectivity index (χ0v) is 11.3. The molecule has 2 heterocycles. The lowest BCUT2D eigenvalue weighted by atomic mass is 10.3. The number of fused-ring (bicyclic) bond motifs is 1. The van der Waals surface area contributed by atoms with Crippen LogP contribution in [0.3, 0.4) is 0 Å². The number of hydrogen-bond acceptors (Lipinski definition) is 6. The molecule has 2 aromatic heterocycles. The van der Waals surface area contributed by atoms with Gasteiger partial charge in [-0.2, -0.15) is 4.98 Å². The molecule has 0 unspecified atom stereocenters. The number of imidazole rings is 1. The Morgan fingerprint density at radius 3 is 3.05 bits per heavy atom. The van der Waals surface area contributed by atoms with Crippen molar-refractivity contribution in [1.82, 2.24) is 9.38 Å². The molecule has 2 N–H and O–H groups in total. The zero-order chi connectivity index (χ0) is 15.0. The standard InChI is InChI=1S/C12H9FN4O3S/c13-7-2-1-3-8(17(18)19)10(7)20-11-9(6-14)16-4-5-21-12(16)15-11/h1-5H,6,14H2. The highest BCUT2D eigenvalue weighted by molar-refractivity contribution is 7.15. The highest BCUT2D eigenvalue weighted by Gasteiger charge is 2.23. The molecule has 9 heteroatoms. The second-order valence-electron chi connectivity index (χ2n) is 4.07. The molecule has 0 bridgehead atoms. The van der Waals surface area contributed by atoms with Crippen LogP contribution in [0.4, 0.5) is 10.1 Å². The maximum absolute atomic E-state index is 13.8. The Kier molecular flexibility index (Phi) is 3.28. The first-order valence-corrected chi connectivity index (χ1v) is 6.75. The summed E-state index contributed by atoms with van der Waals surface area (Å²) in [6.45, 7) is 0.107. The van der Waals surface area contributed by atoms with Gasteiger partial charge in [-0.05, 0) is 6.07 Å². The van der Waals surface area contributed by atoms with Crippen LogP contribution < -0.4 is 10.5 Å². The van der Waals surface area contributed by atoms with Crippen molar-refractivity contribution >= 4 is 22.0 Å². The van der Waals surface area contributed by atoms with Gasteiger partial charge >= 0.3 is 5.69 Å². The van der Waals surface area contributed by atoms with Gasteiger partial charge in [0.2, 0.25) is 11.6 Å². The van der Waals surface area contributed by atoms with Gasteiger partial charge in [-0.1, -0.05) is 6.07 Å². The molecule has 0 fully saturated rings. The van der Waals surface area contributed by atoms with Crippen LogP contribution in [0.25, 0.3) is 4.96 Å². The van der Waals surface area contributed by atoms with E-state index >= 15 is 0 Å². The van der Waals surface area contributed by atoms with E-state index < -0.39 is 22.2 Å². The molecule has 7 nitrogen and oxygen atoms in total. The Bertz CT molecular complexity index is 829. The van der Waals surface area contributed by atoms with Crippen molar-refractivity contribution in [3.63, 3.8) is 0 Å². The molecule has 0 radical (unpaired) electrons. The number of hydrogen-bond donors (Lipinski definition) is 1. The van der Waals surface area contributed by atoms with E-state index in [-0.39, 0.29) is 12.4 Å². The lowest BCUT2D eigenvalue weighted by molar-refractivity contribution is -0.385. The molecule has 1 aromatic carbocycles. The molecule has 0 saturated carbocycles. The van der Waals surface area contributed by atoms with Crippen LogP contribution >= 0.6 is 11.3 Å². The highest BCUT2D eigenvalue weighted by Crippen LogP contribution is 2.35. The van der Waals surface area contributed by atoms with Gasteiger partial charge in [0.15, 0.2) is 10.8 Å². The Morgan fingerprint density at radius 2 is 2.33 bits per heavy atom. The fraction of sp³-hybridized carbons (Fsp3) is 0.0833. The number of para-hydroxylation sites is 1. The van der Waals surface area contributed by atoms with E-state index in [1.165, 1.54) is 23.5 Å². The third-order valence-electron chi connectivity index (χ3n) is 2.86. The van der Waals surface area contributed by atoms with E-state index in [0.29, 0.717) is 10.7 Å². The monoisotopic (exact) mass is 308 g/mol. The number of nitrogens with zero attached hydrogens (tertiary/aromatic N) is 3. The van der Waals surface area contributed by atoms with E-state index in [2.05, 4.69) is 4.98 Å².